The first-order valence-electron chi connectivity index (χ1n) is 6.67. The van der Waals surface area contributed by atoms with Gasteiger partial charge in [-0.25, -0.2) is 4.39 Å². The van der Waals surface area contributed by atoms with Crippen LogP contribution < -0.4 is 0 Å². The van der Waals surface area contributed by atoms with E-state index in [9.17, 15) is 4.39 Å². The molecule has 0 nitrogen and oxygen atoms in total. The van der Waals surface area contributed by atoms with Crippen molar-refractivity contribution >= 4 is 27.5 Å². The molecule has 0 bridgehead atoms. The van der Waals surface area contributed by atoms with Crippen LogP contribution in [0, 0.1) is 5.82 Å². The van der Waals surface area contributed by atoms with E-state index in [-0.39, 0.29) is 11.2 Å². The Bertz CT molecular complexity index is 564. The smallest absolute Gasteiger partial charge is 0.124 e. The Kier molecular flexibility index (Phi) is 5.22. The van der Waals surface area contributed by atoms with Gasteiger partial charge in [0, 0.05) is 15.8 Å². The van der Waals surface area contributed by atoms with E-state index in [2.05, 4.69) is 35.0 Å². The molecular weight excluding hydrogens is 339 g/mol. The summed E-state index contributed by atoms with van der Waals surface area (Å²) in [5.41, 5.74) is 2.19. The second-order valence-electron chi connectivity index (χ2n) is 5.05. The maximum atomic E-state index is 13.2. The van der Waals surface area contributed by atoms with E-state index in [1.807, 2.05) is 24.3 Å². The number of hydrogen-bond acceptors (Lipinski definition) is 0. The molecule has 1 unspecified atom stereocenters. The Labute approximate surface area is 133 Å². The van der Waals surface area contributed by atoms with Gasteiger partial charge in [-0.05, 0) is 36.1 Å². The van der Waals surface area contributed by atoms with E-state index in [1.54, 1.807) is 0 Å². The molecule has 0 saturated heterocycles. The van der Waals surface area contributed by atoms with Crippen molar-refractivity contribution in [2.45, 2.75) is 25.2 Å². The Morgan fingerprint density at radius 3 is 2.40 bits per heavy atom. The second-order valence-corrected chi connectivity index (χ2v) is 6.17. The average molecular weight is 356 g/mol. The molecule has 0 aromatic heterocycles. The molecule has 3 heteroatoms. The summed E-state index contributed by atoms with van der Waals surface area (Å²) in [6.45, 7) is 2.15. The van der Waals surface area contributed by atoms with Gasteiger partial charge in [-0.15, -0.1) is 11.6 Å². The van der Waals surface area contributed by atoms with Crippen LogP contribution in [0.5, 0.6) is 0 Å². The Hall–Kier alpha value is -0.860. The van der Waals surface area contributed by atoms with Crippen molar-refractivity contribution < 1.29 is 4.39 Å². The predicted molar refractivity (Wildman–Crippen MR) is 86.9 cm³/mol. The molecule has 0 aliphatic rings. The van der Waals surface area contributed by atoms with Crippen molar-refractivity contribution in [2.75, 3.05) is 5.88 Å². The molecule has 2 aromatic rings. The van der Waals surface area contributed by atoms with Gasteiger partial charge in [0.05, 0.1) is 0 Å². The molecule has 0 radical (unpaired) electrons. The summed E-state index contributed by atoms with van der Waals surface area (Å²) in [4.78, 5) is 0. The van der Waals surface area contributed by atoms with Gasteiger partial charge in [0.15, 0.2) is 0 Å². The molecule has 0 saturated carbocycles. The molecule has 0 N–H and O–H groups in total. The highest BCUT2D eigenvalue weighted by atomic mass is 79.9. The van der Waals surface area contributed by atoms with Crippen LogP contribution in [0.2, 0.25) is 0 Å². The zero-order chi connectivity index (χ0) is 14.6. The molecule has 0 spiro atoms. The van der Waals surface area contributed by atoms with Crippen molar-refractivity contribution in [3.63, 3.8) is 0 Å². The molecule has 0 heterocycles. The summed E-state index contributed by atoms with van der Waals surface area (Å²) in [5.74, 6) is 0.311. The number of alkyl halides is 1. The van der Waals surface area contributed by atoms with Crippen LogP contribution in [-0.4, -0.2) is 5.88 Å². The summed E-state index contributed by atoms with van der Waals surface area (Å²) in [7, 11) is 0. The van der Waals surface area contributed by atoms with Crippen molar-refractivity contribution in [3.05, 3.63) is 69.9 Å². The van der Waals surface area contributed by atoms with Gasteiger partial charge in [-0.3, -0.25) is 0 Å². The minimum Gasteiger partial charge on any atom is -0.207 e. The van der Waals surface area contributed by atoms with Crippen LogP contribution in [0.1, 0.15) is 24.5 Å². The van der Waals surface area contributed by atoms with Crippen LogP contribution in [0.3, 0.4) is 0 Å². The van der Waals surface area contributed by atoms with Gasteiger partial charge in [-0.2, -0.15) is 0 Å². The lowest BCUT2D eigenvalue weighted by Crippen LogP contribution is -2.30. The minimum atomic E-state index is -0.228. The van der Waals surface area contributed by atoms with Crippen LogP contribution in [0.4, 0.5) is 4.39 Å². The summed E-state index contributed by atoms with van der Waals surface area (Å²) < 4.78 is 14.0. The van der Waals surface area contributed by atoms with Crippen molar-refractivity contribution in [2.24, 2.45) is 0 Å². The fourth-order valence-corrected chi connectivity index (χ4v) is 3.40. The van der Waals surface area contributed by atoms with Gasteiger partial charge in [0.1, 0.15) is 5.82 Å². The second kappa shape index (κ2) is 6.73. The van der Waals surface area contributed by atoms with Crippen molar-refractivity contribution in [3.8, 4) is 0 Å². The van der Waals surface area contributed by atoms with Crippen LogP contribution in [-0.2, 0) is 11.8 Å². The number of benzene rings is 2. The third kappa shape index (κ3) is 3.24. The van der Waals surface area contributed by atoms with E-state index >= 15 is 0 Å². The first-order chi connectivity index (χ1) is 9.61. The van der Waals surface area contributed by atoms with E-state index < -0.39 is 0 Å². The van der Waals surface area contributed by atoms with Crippen LogP contribution >= 0.6 is 27.5 Å². The van der Waals surface area contributed by atoms with Gasteiger partial charge in [0.2, 0.25) is 0 Å². The molecule has 0 aliphatic carbocycles. The third-order valence-corrected chi connectivity index (χ3v) is 5.11. The largest absolute Gasteiger partial charge is 0.207 e. The topological polar surface area (TPSA) is 0 Å². The maximum absolute atomic E-state index is 13.2. The molecule has 0 fully saturated rings. The third-order valence-electron chi connectivity index (χ3n) is 3.86. The molecule has 0 amide bonds. The molecule has 106 valence electrons. The van der Waals surface area contributed by atoms with Crippen LogP contribution in [0.25, 0.3) is 0 Å². The quantitative estimate of drug-likeness (QED) is 0.602. The van der Waals surface area contributed by atoms with E-state index in [0.717, 1.165) is 22.9 Å². The molecule has 0 aliphatic heterocycles. The summed E-state index contributed by atoms with van der Waals surface area (Å²) in [5, 5.41) is 0. The minimum absolute atomic E-state index is 0.122. The van der Waals surface area contributed by atoms with Crippen molar-refractivity contribution in [1.82, 2.24) is 0 Å². The van der Waals surface area contributed by atoms with Gasteiger partial charge >= 0.3 is 0 Å². The first kappa shape index (κ1) is 15.5. The summed E-state index contributed by atoms with van der Waals surface area (Å²) >= 11 is 9.75. The van der Waals surface area contributed by atoms with Gasteiger partial charge < -0.3 is 0 Å². The van der Waals surface area contributed by atoms with Crippen LogP contribution in [0.15, 0.2) is 53.0 Å². The first-order valence-corrected chi connectivity index (χ1v) is 7.99. The summed E-state index contributed by atoms with van der Waals surface area (Å²) in [6, 6.07) is 15.1. The van der Waals surface area contributed by atoms with Gasteiger partial charge in [0.25, 0.3) is 0 Å². The lowest BCUT2D eigenvalue weighted by atomic mass is 9.75. The number of rotatable bonds is 5. The van der Waals surface area contributed by atoms with E-state index in [0.29, 0.717) is 5.88 Å². The Balaban J connectivity index is 2.39. The van der Waals surface area contributed by atoms with Crippen molar-refractivity contribution in [1.29, 1.82) is 0 Å². The van der Waals surface area contributed by atoms with E-state index in [1.165, 1.54) is 17.7 Å². The zero-order valence-corrected chi connectivity index (χ0v) is 13.7. The highest BCUT2D eigenvalue weighted by Gasteiger charge is 2.30. The number of halogens is 3. The fraction of sp³-hybridized carbons (Fsp3) is 0.294. The normalized spacial score (nSPS) is 14.0. The van der Waals surface area contributed by atoms with E-state index in [4.69, 9.17) is 11.6 Å². The number of hydrogen-bond donors (Lipinski definition) is 0. The Morgan fingerprint density at radius 2 is 1.85 bits per heavy atom. The molecule has 20 heavy (non-hydrogen) atoms. The lowest BCUT2D eigenvalue weighted by molar-refractivity contribution is 0.457. The predicted octanol–water partition coefficient (Wildman–Crippen LogP) is 5.72. The summed E-state index contributed by atoms with van der Waals surface area (Å²) in [6.07, 6.45) is 1.72. The molecule has 2 rings (SSSR count). The highest BCUT2D eigenvalue weighted by molar-refractivity contribution is 9.10. The molecule has 2 aromatic carbocycles. The molecular formula is C17H17BrClF. The zero-order valence-electron chi connectivity index (χ0n) is 11.4. The maximum Gasteiger partial charge on any atom is 0.124 e. The molecule has 1 atom stereocenters. The Morgan fingerprint density at radius 1 is 1.15 bits per heavy atom. The average Bonchev–Trinajstić information content (AvgIpc) is 2.48. The fourth-order valence-electron chi connectivity index (χ4n) is 2.47. The standard InChI is InChI=1S/C17H17BrClF/c1-2-17(12-19,14-6-4-3-5-7-14)11-13-8-9-15(20)10-16(13)18/h3-10H,2,11-12H2,1H3. The SMILES string of the molecule is CCC(CCl)(Cc1ccc(F)cc1Br)c1ccccc1. The van der Waals surface area contributed by atoms with Gasteiger partial charge in [-0.1, -0.05) is 59.3 Å². The highest BCUT2D eigenvalue weighted by Crippen LogP contribution is 2.35. The lowest BCUT2D eigenvalue weighted by Gasteiger charge is -2.32. The monoisotopic (exact) mass is 354 g/mol.